The molecule has 0 aliphatic rings. The number of nitrogens with two attached hydrogens (primary N) is 2. The number of hydrogen-bond acceptors (Lipinski definition) is 22. The number of nitrogens with zero attached hydrogens (tertiary/aromatic N) is 5. The molecule has 8 aromatic rings. The second kappa shape index (κ2) is 64.4. The first-order valence-corrected chi connectivity index (χ1v) is 28.3. The molecule has 553 valence electrons. The number of aliphatic hydroxyl groups excluding tert-OH is 1. The molecule has 0 amide bonds. The van der Waals surface area contributed by atoms with Gasteiger partial charge < -0.3 is 57.4 Å². The first kappa shape index (κ1) is 116. The van der Waals surface area contributed by atoms with Gasteiger partial charge in [0.2, 0.25) is 0 Å². The number of carboxylic acid groups (broad SMARTS) is 1. The Labute approximate surface area is 765 Å². The maximum Gasteiger partial charge on any atom is 1.00 e. The Hall–Kier alpha value is -4.46. The number of aromatic carboxylic acids is 1. The molecule has 0 aliphatic carbocycles. The third-order valence-electron chi connectivity index (χ3n) is 10.8. The largest absolute Gasteiger partial charge is 1.00 e. The van der Waals surface area contributed by atoms with Crippen molar-refractivity contribution in [3.63, 3.8) is 0 Å². The second-order valence-corrected chi connectivity index (χ2v) is 18.1. The van der Waals surface area contributed by atoms with E-state index in [2.05, 4.69) is 35.1 Å². The Balaban J connectivity index is -0.000000149. The number of hydrogen-bond donors (Lipinski definition) is 6. The summed E-state index contributed by atoms with van der Waals surface area (Å²) in [5.74, 6) is 2.55. The van der Waals surface area contributed by atoms with Gasteiger partial charge in [-0.15, -0.1) is 0 Å². The summed E-state index contributed by atoms with van der Waals surface area (Å²) < 4.78 is 111. The zero-order valence-electron chi connectivity index (χ0n) is 57.6. The van der Waals surface area contributed by atoms with Crippen LogP contribution in [-0.4, -0.2) is 127 Å². The van der Waals surface area contributed by atoms with Crippen molar-refractivity contribution in [2.75, 3.05) is 38.5 Å². The van der Waals surface area contributed by atoms with Crippen molar-refractivity contribution in [1.29, 1.82) is 0 Å². The summed E-state index contributed by atoms with van der Waals surface area (Å²) in [7, 11) is 0. The minimum atomic E-state index is -4.27. The molecule has 9 N–H and O–H groups in total. The Bertz CT molecular complexity index is 4020. The van der Waals surface area contributed by atoms with Crippen molar-refractivity contribution in [3.8, 4) is 28.9 Å². The van der Waals surface area contributed by atoms with E-state index in [1.165, 1.54) is 78.9 Å². The number of carboxylic acids is 1. The van der Waals surface area contributed by atoms with E-state index in [4.69, 9.17) is 64.5 Å². The third-order valence-corrected chi connectivity index (χ3v) is 11.5. The molecular formula is C63H67Cl2F7K2N9NaO18UVW. The van der Waals surface area contributed by atoms with Crippen molar-refractivity contribution in [2.45, 2.75) is 61.2 Å². The third kappa shape index (κ3) is 41.2. The van der Waals surface area contributed by atoms with E-state index in [0.717, 1.165) is 32.2 Å². The van der Waals surface area contributed by atoms with Gasteiger partial charge in [0.1, 0.15) is 56.3 Å². The van der Waals surface area contributed by atoms with E-state index in [0.29, 0.717) is 17.5 Å². The van der Waals surface area contributed by atoms with Crippen LogP contribution in [-0.2, 0) is 84.0 Å². The summed E-state index contributed by atoms with van der Waals surface area (Å²) in [6.07, 6.45) is -3.61. The van der Waals surface area contributed by atoms with E-state index in [-0.39, 0.29) is 325 Å². The molecule has 3 aromatic heterocycles. The van der Waals surface area contributed by atoms with E-state index < -0.39 is 70.3 Å². The number of aliphatic hydroxyl groups is 1. The maximum absolute atomic E-state index is 13.7. The van der Waals surface area contributed by atoms with Crippen LogP contribution in [0.5, 0.6) is 0 Å². The number of carbonyl (C=O) groups is 8. The van der Waals surface area contributed by atoms with Crippen molar-refractivity contribution in [2.24, 2.45) is 11.6 Å². The molecule has 3 heterocycles. The van der Waals surface area contributed by atoms with Crippen LogP contribution in [0.2, 0.25) is 10.3 Å². The Morgan fingerprint density at radius 2 is 1.03 bits per heavy atom. The Morgan fingerprint density at radius 1 is 0.676 bits per heavy atom. The van der Waals surface area contributed by atoms with Gasteiger partial charge in [0, 0.05) is 101 Å². The van der Waals surface area contributed by atoms with Gasteiger partial charge in [-0.1, -0.05) is 91.3 Å². The SMILES string of the molecule is C.CCO.CCOC(=O)C#CC(=O)OCC.CCOC(=O)c1cc(=O)n(-c2ccccc2F)[nH]1.CCOC(=O)c1nn(-c2ccccc2F)c(Cl)c1C=O.C[C@@H](N)c1ccc(C(F)(F)F)cc1.NNc1ccccc1F.O=CO[O-].O=Cc1c(C(=O)O)nn(-c2ccccc2F)c1Cl.[H-].[K+].[K+].[Na+].[OH-].[U].[V].[W]. The summed E-state index contributed by atoms with van der Waals surface area (Å²) in [5.41, 5.74) is 6.45. The van der Waals surface area contributed by atoms with Gasteiger partial charge in [-0.25, -0.2) is 55.6 Å². The molecular weight excluding hydrogens is 1950 g/mol. The van der Waals surface area contributed by atoms with E-state index in [1.54, 1.807) is 71.9 Å². The minimum Gasteiger partial charge on any atom is -1.00 e. The van der Waals surface area contributed by atoms with Gasteiger partial charge >= 0.3 is 168 Å². The molecule has 0 aliphatic heterocycles. The number of hydrazine groups is 1. The predicted octanol–water partition coefficient (Wildman–Crippen LogP) is 0.275. The quantitative estimate of drug-likeness (QED) is 0.00767. The van der Waals surface area contributed by atoms with Crippen molar-refractivity contribution in [1.82, 2.24) is 29.3 Å². The smallest absolute Gasteiger partial charge is 1.00 e. The van der Waals surface area contributed by atoms with Crippen LogP contribution in [0.4, 0.5) is 36.4 Å². The first-order valence-electron chi connectivity index (χ1n) is 27.5. The zero-order valence-corrected chi connectivity index (χ0v) is 74.8. The standard InChI is InChI=1S/C13H10ClFN2O3.C12H11FN2O3.C11H6ClFN2O3.C9H10F3N.C8H10O4.C6H7FN2.C2H6O.CH2O3.CH4.2K.Na.H2O.U.V.W.H/c1-2-20-13(19)11-8(7-18)12(14)17(16-11)10-6-4-3-5-9(10)15;1-2-18-12(17)9-7-11(16)15(14-9)10-6-4-3-5-8(10)13;12-10-6(5-16)9(11(17)18)14-15(10)8-4-2-1-3-7(8)13;1-6(13)7-2-4-8(5-3-7)9(10,11)12;1-3-11-7(9)5-6-8(10)12-4-2;7-5-3-1-2-4-6(5)9-8;1-2-3;2-1-4-3;;;;;;;;;/h3-7H,2H2,1H3;3-7,14H,2H2,1H3;1-5H,(H,17,18);2-6H,13H2,1H3;3-4H2,1-2H3;1-4,9H,8H2;3H,2H2,1H3;1,3H;1H4;;;;1H2;;;;/q;;;;;;;;;3*+1;;;;;-1/p-2/t;;;6-;;;;;;;;;;;;;/m...1............./s1. The first-order chi connectivity index (χ1) is 46.1. The van der Waals surface area contributed by atoms with Gasteiger partial charge in [-0.3, -0.25) is 30.1 Å². The van der Waals surface area contributed by atoms with Crippen molar-refractivity contribution >= 4 is 77.8 Å². The van der Waals surface area contributed by atoms with Gasteiger partial charge in [0.25, 0.3) is 12.0 Å². The summed E-state index contributed by atoms with van der Waals surface area (Å²) in [6, 6.07) is 29.0. The normalized spacial score (nSPS) is 9.32. The number of ether oxygens (including phenoxy) is 4. The number of halogens is 9. The molecule has 0 fully saturated rings. The van der Waals surface area contributed by atoms with Crippen LogP contribution in [0.25, 0.3) is 17.1 Å². The van der Waals surface area contributed by atoms with Crippen LogP contribution in [0, 0.1) is 66.2 Å². The summed E-state index contributed by atoms with van der Waals surface area (Å²) in [5, 5.41) is 34.5. The van der Waals surface area contributed by atoms with Crippen LogP contribution >= 0.6 is 23.2 Å². The van der Waals surface area contributed by atoms with Crippen LogP contribution in [0.15, 0.2) is 132 Å². The number of alkyl halides is 3. The number of H-pyrrole nitrogens is 1. The molecule has 1 atom stereocenters. The van der Waals surface area contributed by atoms with Crippen molar-refractivity contribution in [3.05, 3.63) is 211 Å². The van der Waals surface area contributed by atoms with Crippen LogP contribution in [0.3, 0.4) is 0 Å². The number of benzene rings is 5. The average molecular weight is 2020 g/mol. The van der Waals surface area contributed by atoms with Gasteiger partial charge in [0.05, 0.1) is 48.8 Å². The topological polar surface area (TPSA) is 414 Å². The van der Waals surface area contributed by atoms with Gasteiger partial charge in [-0.2, -0.15) is 23.4 Å². The second-order valence-electron chi connectivity index (χ2n) is 17.3. The van der Waals surface area contributed by atoms with E-state index in [1.807, 2.05) is 11.8 Å². The Kier molecular flexibility index (Phi) is 71.3. The number of aldehydes is 2. The molecule has 42 heteroatoms. The van der Waals surface area contributed by atoms with Crippen molar-refractivity contribution < 1.29 is 318 Å². The maximum atomic E-state index is 13.7. The fraction of sp³-hybridized carbons (Fsp3) is 0.222. The number of carbonyl (C=O) groups excluding carboxylic acids is 7. The molecule has 8 rings (SSSR count). The predicted molar refractivity (Wildman–Crippen MR) is 342 cm³/mol. The average Bonchev–Trinajstić information content (AvgIpc) is 1.66. The summed E-state index contributed by atoms with van der Waals surface area (Å²) in [6.45, 7) is 10.9. The van der Waals surface area contributed by atoms with Crippen LogP contribution < -0.4 is 160 Å². The van der Waals surface area contributed by atoms with E-state index in [9.17, 15) is 69.1 Å². The molecule has 105 heavy (non-hydrogen) atoms. The number of nitrogen functional groups attached to an aromatic ring is 1. The number of rotatable bonds is 15. The number of aromatic nitrogens is 6. The minimum absolute atomic E-state index is 0. The number of anilines is 1. The molecule has 1 radical (unpaired) electrons. The number of aromatic amines is 1. The Morgan fingerprint density at radius 3 is 1.34 bits per heavy atom. The molecule has 0 unspecified atom stereocenters. The fourth-order valence-electron chi connectivity index (χ4n) is 6.61. The van der Waals surface area contributed by atoms with Gasteiger partial charge in [-0.05, 0) is 108 Å². The fourth-order valence-corrected chi connectivity index (χ4v) is 7.14. The van der Waals surface area contributed by atoms with Crippen LogP contribution in [0.1, 0.15) is 120 Å². The molecule has 5 aromatic carbocycles. The van der Waals surface area contributed by atoms with E-state index >= 15 is 0 Å². The number of esters is 4. The molecule has 0 spiro atoms. The molecule has 0 saturated carbocycles. The monoisotopic (exact) mass is 2010 g/mol. The molecule has 0 saturated heterocycles. The summed E-state index contributed by atoms with van der Waals surface area (Å²) in [4.78, 5) is 99.8. The summed E-state index contributed by atoms with van der Waals surface area (Å²) >= 11 is 11.8. The zero-order chi connectivity index (χ0) is 73.4. The number of para-hydroxylation sites is 4. The van der Waals surface area contributed by atoms with Gasteiger partial charge in [0.15, 0.2) is 24.0 Å². The number of nitrogens with one attached hydrogen (secondary N) is 2. The molecule has 0 bridgehead atoms. The molecule has 27 nitrogen and oxygen atoms in total.